The number of aliphatic carboxylic acids is 1. The Morgan fingerprint density at radius 3 is 2.60 bits per heavy atom. The number of carbonyl (C=O) groups excluding carboxylic acids is 2. The average Bonchev–Trinajstić information content (AvgIpc) is 3.31. The molecule has 5 rings (SSSR count). The lowest BCUT2D eigenvalue weighted by atomic mass is 10.0. The Morgan fingerprint density at radius 1 is 1.14 bits per heavy atom. The largest absolute Gasteiger partial charge is 0.477 e. The molecular weight excluding hydrogens is 491 g/mol. The molecule has 0 aliphatic carbocycles. The summed E-state index contributed by atoms with van der Waals surface area (Å²) in [6.07, 6.45) is 1.71. The van der Waals surface area contributed by atoms with Crippen LogP contribution in [0.1, 0.15) is 5.56 Å². The van der Waals surface area contributed by atoms with Crippen LogP contribution in [-0.4, -0.2) is 54.7 Å². The van der Waals surface area contributed by atoms with E-state index >= 15 is 0 Å². The molecule has 8 nitrogen and oxygen atoms in total. The number of hydrogen-bond acceptors (Lipinski definition) is 6. The third kappa shape index (κ3) is 4.56. The minimum Gasteiger partial charge on any atom is -0.477 e. The third-order valence-electron chi connectivity index (χ3n) is 5.57. The van der Waals surface area contributed by atoms with Gasteiger partial charge in [0.1, 0.15) is 28.0 Å². The number of carbonyl (C=O) groups is 3. The highest BCUT2D eigenvalue weighted by atomic mass is 32.2. The van der Waals surface area contributed by atoms with Crippen molar-refractivity contribution in [2.45, 2.75) is 22.9 Å². The molecule has 2 atom stereocenters. The molecule has 1 fully saturated rings. The Morgan fingerprint density at radius 2 is 1.89 bits per heavy atom. The molecule has 2 amide bonds. The first-order valence-electron chi connectivity index (χ1n) is 10.6. The summed E-state index contributed by atoms with van der Waals surface area (Å²) in [4.78, 5) is 39.3. The average molecular weight is 511 g/mol. The van der Waals surface area contributed by atoms with E-state index < -0.39 is 23.3 Å². The number of β-lactam (4-membered cyclic amide) rings is 1. The summed E-state index contributed by atoms with van der Waals surface area (Å²) in [7, 11) is 0. The molecule has 2 N–H and O–H groups in total. The number of thioether (sulfide) groups is 2. The molecule has 1 saturated heterocycles. The molecule has 2 aromatic carbocycles. The zero-order valence-corrected chi connectivity index (χ0v) is 19.8. The zero-order chi connectivity index (χ0) is 24.5. The molecule has 1 aromatic heterocycles. The number of amides is 2. The van der Waals surface area contributed by atoms with Gasteiger partial charge >= 0.3 is 5.97 Å². The SMILES string of the molecule is O=C(Cc1ccccc1)N[C@@H]1C(=O)N2C(C(=O)O)=C(Sc3ccnn3-c3ccc(F)cc3)CS[C@@H]12. The number of rotatable bonds is 7. The van der Waals surface area contributed by atoms with E-state index in [9.17, 15) is 23.9 Å². The Labute approximate surface area is 208 Å². The Hall–Kier alpha value is -3.57. The second-order valence-electron chi connectivity index (χ2n) is 7.85. The highest BCUT2D eigenvalue weighted by Crippen LogP contribution is 2.45. The molecule has 0 radical (unpaired) electrons. The van der Waals surface area contributed by atoms with Gasteiger partial charge in [-0.1, -0.05) is 42.1 Å². The van der Waals surface area contributed by atoms with Gasteiger partial charge in [-0.15, -0.1) is 11.8 Å². The van der Waals surface area contributed by atoms with E-state index in [4.69, 9.17) is 0 Å². The van der Waals surface area contributed by atoms with Crippen LogP contribution in [0.2, 0.25) is 0 Å². The molecule has 35 heavy (non-hydrogen) atoms. The van der Waals surface area contributed by atoms with Crippen molar-refractivity contribution < 1.29 is 23.9 Å². The number of carboxylic acids is 1. The van der Waals surface area contributed by atoms with E-state index in [0.29, 0.717) is 21.4 Å². The fourth-order valence-corrected chi connectivity index (χ4v) is 6.48. The fourth-order valence-electron chi connectivity index (χ4n) is 3.95. The number of nitrogens with one attached hydrogen (secondary N) is 1. The van der Waals surface area contributed by atoms with E-state index in [1.165, 1.54) is 40.6 Å². The lowest BCUT2D eigenvalue weighted by molar-refractivity contribution is -0.150. The van der Waals surface area contributed by atoms with E-state index in [2.05, 4.69) is 10.4 Å². The van der Waals surface area contributed by atoms with Crippen LogP contribution in [0.25, 0.3) is 5.69 Å². The van der Waals surface area contributed by atoms with Gasteiger partial charge in [-0.25, -0.2) is 13.9 Å². The topological polar surface area (TPSA) is 105 Å². The summed E-state index contributed by atoms with van der Waals surface area (Å²) >= 11 is 2.59. The number of carboxylic acid groups (broad SMARTS) is 1. The number of halogens is 1. The number of nitrogens with zero attached hydrogens (tertiary/aromatic N) is 3. The molecule has 0 bridgehead atoms. The Kier molecular flexibility index (Phi) is 6.35. The van der Waals surface area contributed by atoms with Gasteiger partial charge in [0.15, 0.2) is 0 Å². The van der Waals surface area contributed by atoms with Crippen LogP contribution in [-0.2, 0) is 20.8 Å². The lowest BCUT2D eigenvalue weighted by Crippen LogP contribution is -2.70. The molecule has 0 spiro atoms. The number of benzene rings is 2. The van der Waals surface area contributed by atoms with Crippen LogP contribution in [0.4, 0.5) is 4.39 Å². The molecule has 3 heterocycles. The molecule has 0 saturated carbocycles. The first kappa shape index (κ1) is 23.2. The normalized spacial score (nSPS) is 19.2. The number of fused-ring (bicyclic) bond motifs is 1. The minimum absolute atomic E-state index is 0.0934. The van der Waals surface area contributed by atoms with Crippen molar-refractivity contribution >= 4 is 41.3 Å². The van der Waals surface area contributed by atoms with Crippen LogP contribution in [0.5, 0.6) is 0 Å². The van der Waals surface area contributed by atoms with E-state index in [1.54, 1.807) is 29.1 Å². The molecule has 11 heteroatoms. The first-order chi connectivity index (χ1) is 16.9. The molecule has 0 unspecified atom stereocenters. The van der Waals surface area contributed by atoms with E-state index in [-0.39, 0.29) is 23.8 Å². The number of hydrogen-bond donors (Lipinski definition) is 2. The predicted molar refractivity (Wildman–Crippen MR) is 129 cm³/mol. The number of aromatic nitrogens is 2. The van der Waals surface area contributed by atoms with Gasteiger partial charge in [-0.2, -0.15) is 5.10 Å². The van der Waals surface area contributed by atoms with Gasteiger partial charge in [0.2, 0.25) is 5.91 Å². The van der Waals surface area contributed by atoms with Crippen LogP contribution in [0.15, 0.2) is 82.5 Å². The summed E-state index contributed by atoms with van der Waals surface area (Å²) in [5.74, 6) is -1.99. The lowest BCUT2D eigenvalue weighted by Gasteiger charge is -2.49. The van der Waals surface area contributed by atoms with Crippen molar-refractivity contribution in [2.24, 2.45) is 0 Å². The van der Waals surface area contributed by atoms with Crippen LogP contribution < -0.4 is 5.32 Å². The maximum Gasteiger partial charge on any atom is 0.353 e. The van der Waals surface area contributed by atoms with Crippen molar-refractivity contribution in [1.82, 2.24) is 20.0 Å². The summed E-state index contributed by atoms with van der Waals surface area (Å²) in [5.41, 5.74) is 1.36. The van der Waals surface area contributed by atoms with Gasteiger partial charge < -0.3 is 10.4 Å². The smallest absolute Gasteiger partial charge is 0.353 e. The second-order valence-corrected chi connectivity index (χ2v) is 10.1. The Bertz CT molecular complexity index is 1330. The van der Waals surface area contributed by atoms with Gasteiger partial charge in [-0.05, 0) is 35.9 Å². The molecule has 3 aromatic rings. The van der Waals surface area contributed by atoms with Crippen LogP contribution in [0.3, 0.4) is 0 Å². The van der Waals surface area contributed by atoms with Crippen molar-refractivity contribution in [3.63, 3.8) is 0 Å². The highest BCUT2D eigenvalue weighted by Gasteiger charge is 2.54. The highest BCUT2D eigenvalue weighted by molar-refractivity contribution is 8.06. The van der Waals surface area contributed by atoms with Gasteiger partial charge in [0.05, 0.1) is 18.3 Å². The summed E-state index contributed by atoms with van der Waals surface area (Å²) < 4.78 is 14.9. The Balaban J connectivity index is 1.34. The fraction of sp³-hybridized carbons (Fsp3) is 0.167. The monoisotopic (exact) mass is 510 g/mol. The van der Waals surface area contributed by atoms with Crippen LogP contribution >= 0.6 is 23.5 Å². The molecule has 178 valence electrons. The predicted octanol–water partition coefficient (Wildman–Crippen LogP) is 3.04. The van der Waals surface area contributed by atoms with Crippen molar-refractivity contribution in [3.8, 4) is 5.69 Å². The van der Waals surface area contributed by atoms with E-state index in [1.807, 2.05) is 30.3 Å². The minimum atomic E-state index is -1.21. The third-order valence-corrected chi connectivity index (χ3v) is 8.13. The maximum absolute atomic E-state index is 13.3. The van der Waals surface area contributed by atoms with Gasteiger partial charge in [0.25, 0.3) is 5.91 Å². The van der Waals surface area contributed by atoms with E-state index in [0.717, 1.165) is 5.56 Å². The van der Waals surface area contributed by atoms with Crippen molar-refractivity contribution in [2.75, 3.05) is 5.75 Å². The summed E-state index contributed by atoms with van der Waals surface area (Å²) in [5, 5.41) is 17.1. The molecule has 2 aliphatic heterocycles. The standard InChI is InChI=1S/C24H19FN4O4S2/c25-15-6-8-16(9-7-15)29-19(10-11-26-29)35-17-13-34-23-20(22(31)28(23)21(17)24(32)33)27-18(30)12-14-4-2-1-3-5-14/h1-11,20,23H,12-13H2,(H,27,30)(H,32,33)/t20-,23+/m1/s1. The molecular formula is C24H19FN4O4S2. The quantitative estimate of drug-likeness (QED) is 0.471. The first-order valence-corrected chi connectivity index (χ1v) is 12.5. The van der Waals surface area contributed by atoms with Gasteiger partial charge in [-0.3, -0.25) is 14.5 Å². The second kappa shape index (κ2) is 9.59. The van der Waals surface area contributed by atoms with Gasteiger partial charge in [0, 0.05) is 10.7 Å². The maximum atomic E-state index is 13.3. The van der Waals surface area contributed by atoms with Crippen molar-refractivity contribution in [1.29, 1.82) is 0 Å². The van der Waals surface area contributed by atoms with Crippen molar-refractivity contribution in [3.05, 3.63) is 88.8 Å². The summed E-state index contributed by atoms with van der Waals surface area (Å²) in [6, 6.07) is 15.9. The zero-order valence-electron chi connectivity index (χ0n) is 18.1. The molecule has 2 aliphatic rings. The van der Waals surface area contributed by atoms with Crippen LogP contribution in [0, 0.1) is 5.82 Å². The summed E-state index contributed by atoms with van der Waals surface area (Å²) in [6.45, 7) is 0.